The maximum Gasteiger partial charge on any atom is 0.346 e. The number of anilines is 1. The molecule has 0 spiro atoms. The zero-order valence-corrected chi connectivity index (χ0v) is 30.2. The number of carboxylic acid groups (broad SMARTS) is 1. The van der Waals surface area contributed by atoms with Crippen LogP contribution in [-0.4, -0.2) is 57.9 Å². The van der Waals surface area contributed by atoms with Crippen LogP contribution >= 0.6 is 11.3 Å². The molecule has 2 aromatic heterocycles. The molecule has 2 fully saturated rings. The van der Waals surface area contributed by atoms with E-state index in [0.717, 1.165) is 70.8 Å². The van der Waals surface area contributed by atoms with E-state index in [4.69, 9.17) is 0 Å². The number of carbonyl (C=O) groups is 4. The fraction of sp³-hybridized carbons (Fsp3) is 0.366. The van der Waals surface area contributed by atoms with Gasteiger partial charge in [-0.2, -0.15) is 0 Å². The average molecular weight is 705 g/mol. The first-order valence-corrected chi connectivity index (χ1v) is 18.7. The molecule has 0 aliphatic heterocycles. The van der Waals surface area contributed by atoms with E-state index >= 15 is 0 Å². The number of hydrogen-bond acceptors (Lipinski definition) is 5. The molecule has 264 valence electrons. The highest BCUT2D eigenvalue weighted by Crippen LogP contribution is 2.44. The number of amides is 3. The standard InChI is InChI=1S/C41H44N4O5S/c1-25-31-23-29(17-19-33(31)51-37(25)39(48)49)42-40(50)41(20-10-11-21-41)43-38(47)28-16-18-30-32(22-28)45(24-34(46)44(2)3)36(27-14-8-5-9-15-27)35(30)26-12-6-4-7-13-26/h5,8-9,14-19,22-23,26H,4,6-7,10-13,20-21,24H2,1-3H3,(H,42,50)(H,43,47)(H,48,49). The normalized spacial score (nSPS) is 16.0. The molecule has 5 aromatic rings. The molecule has 0 unspecified atom stereocenters. The van der Waals surface area contributed by atoms with Gasteiger partial charge >= 0.3 is 5.97 Å². The lowest BCUT2D eigenvalue weighted by Gasteiger charge is -2.29. The van der Waals surface area contributed by atoms with Crippen molar-refractivity contribution in [2.45, 2.75) is 82.7 Å². The number of hydrogen-bond donors (Lipinski definition) is 3. The molecule has 9 nitrogen and oxygen atoms in total. The minimum absolute atomic E-state index is 0.0364. The molecule has 3 N–H and O–H groups in total. The predicted molar refractivity (Wildman–Crippen MR) is 203 cm³/mol. The molecule has 3 aromatic carbocycles. The van der Waals surface area contributed by atoms with Crippen LogP contribution in [0.3, 0.4) is 0 Å². The molecule has 0 radical (unpaired) electrons. The summed E-state index contributed by atoms with van der Waals surface area (Å²) in [5, 5.41) is 17.6. The van der Waals surface area contributed by atoms with Crippen LogP contribution in [0.5, 0.6) is 0 Å². The van der Waals surface area contributed by atoms with E-state index < -0.39 is 11.5 Å². The van der Waals surface area contributed by atoms with Crippen molar-refractivity contribution in [2.24, 2.45) is 0 Å². The summed E-state index contributed by atoms with van der Waals surface area (Å²) in [5.74, 6) is -1.28. The number of rotatable bonds is 9. The van der Waals surface area contributed by atoms with Crippen LogP contribution in [-0.2, 0) is 16.1 Å². The van der Waals surface area contributed by atoms with Gasteiger partial charge in [-0.1, -0.05) is 68.5 Å². The van der Waals surface area contributed by atoms with Gasteiger partial charge in [0.15, 0.2) is 0 Å². The van der Waals surface area contributed by atoms with Crippen LogP contribution in [0.25, 0.3) is 32.2 Å². The molecule has 2 aliphatic rings. The van der Waals surface area contributed by atoms with E-state index in [-0.39, 0.29) is 29.1 Å². The molecule has 2 heterocycles. The number of thiophene rings is 1. The monoisotopic (exact) mass is 704 g/mol. The van der Waals surface area contributed by atoms with Crippen molar-refractivity contribution in [3.8, 4) is 11.3 Å². The van der Waals surface area contributed by atoms with Crippen LogP contribution < -0.4 is 10.6 Å². The minimum atomic E-state index is -1.09. The molecule has 2 saturated carbocycles. The van der Waals surface area contributed by atoms with Gasteiger partial charge in [0.2, 0.25) is 11.8 Å². The van der Waals surface area contributed by atoms with Crippen molar-refractivity contribution >= 4 is 61.7 Å². The molecule has 7 rings (SSSR count). The third-order valence-corrected chi connectivity index (χ3v) is 12.1. The molecular weight excluding hydrogens is 661 g/mol. The summed E-state index contributed by atoms with van der Waals surface area (Å²) in [6, 6.07) is 21.4. The number of carboxylic acids is 1. The summed E-state index contributed by atoms with van der Waals surface area (Å²) in [7, 11) is 3.52. The quantitative estimate of drug-likeness (QED) is 0.143. The number of nitrogens with zero attached hydrogens (tertiary/aromatic N) is 2. The Labute approximate surface area is 301 Å². The molecule has 10 heteroatoms. The summed E-state index contributed by atoms with van der Waals surface area (Å²) >= 11 is 1.21. The van der Waals surface area contributed by atoms with Crippen LogP contribution in [0.4, 0.5) is 5.69 Å². The lowest BCUT2D eigenvalue weighted by Crippen LogP contribution is -2.55. The van der Waals surface area contributed by atoms with Gasteiger partial charge in [0.05, 0.1) is 11.2 Å². The lowest BCUT2D eigenvalue weighted by molar-refractivity contribution is -0.129. The SMILES string of the molecule is Cc1c(C(=O)O)sc2ccc(NC(=O)C3(NC(=O)c4ccc5c(C6CCCCC6)c(-c6ccccc6)n(CC(=O)N(C)C)c5c4)CCCC3)cc12. The summed E-state index contributed by atoms with van der Waals surface area (Å²) in [5.41, 5.74) is 4.72. The van der Waals surface area contributed by atoms with Crippen molar-refractivity contribution in [1.29, 1.82) is 0 Å². The maximum atomic E-state index is 14.2. The Kier molecular flexibility index (Phi) is 9.46. The van der Waals surface area contributed by atoms with E-state index in [2.05, 4.69) is 27.3 Å². The fourth-order valence-corrected chi connectivity index (χ4v) is 9.13. The zero-order chi connectivity index (χ0) is 35.9. The van der Waals surface area contributed by atoms with Crippen LogP contribution in [0.1, 0.15) is 94.9 Å². The molecule has 51 heavy (non-hydrogen) atoms. The van der Waals surface area contributed by atoms with Crippen molar-refractivity contribution < 1.29 is 24.3 Å². The van der Waals surface area contributed by atoms with E-state index in [1.165, 1.54) is 23.3 Å². The topological polar surface area (TPSA) is 121 Å². The van der Waals surface area contributed by atoms with Crippen molar-refractivity contribution in [1.82, 2.24) is 14.8 Å². The van der Waals surface area contributed by atoms with Gasteiger partial charge in [-0.15, -0.1) is 11.3 Å². The highest BCUT2D eigenvalue weighted by atomic mass is 32.1. The van der Waals surface area contributed by atoms with Gasteiger partial charge < -0.3 is 25.2 Å². The number of carbonyl (C=O) groups excluding carboxylic acids is 3. The van der Waals surface area contributed by atoms with E-state index in [9.17, 15) is 24.3 Å². The highest BCUT2D eigenvalue weighted by molar-refractivity contribution is 7.21. The van der Waals surface area contributed by atoms with Gasteiger partial charge in [-0.05, 0) is 90.9 Å². The van der Waals surface area contributed by atoms with Gasteiger partial charge in [-0.3, -0.25) is 14.4 Å². The number of fused-ring (bicyclic) bond motifs is 2. The number of aromatic nitrogens is 1. The van der Waals surface area contributed by atoms with Crippen LogP contribution in [0.15, 0.2) is 66.7 Å². The first kappa shape index (κ1) is 34.5. The Bertz CT molecular complexity index is 2150. The third kappa shape index (κ3) is 6.53. The van der Waals surface area contributed by atoms with Crippen molar-refractivity contribution in [2.75, 3.05) is 19.4 Å². The Morgan fingerprint density at radius 1 is 0.902 bits per heavy atom. The number of likely N-dealkylation sites (N-methyl/N-ethyl adjacent to an activating group) is 1. The Balaban J connectivity index is 1.24. The largest absolute Gasteiger partial charge is 0.477 e. The molecule has 0 saturated heterocycles. The molecular formula is C41H44N4O5S. The number of nitrogens with one attached hydrogen (secondary N) is 2. The number of aromatic carboxylic acids is 1. The highest BCUT2D eigenvalue weighted by Gasteiger charge is 2.43. The Hall–Kier alpha value is -4.96. The van der Waals surface area contributed by atoms with Gasteiger partial charge in [0.1, 0.15) is 17.0 Å². The van der Waals surface area contributed by atoms with E-state index in [1.807, 2.05) is 42.5 Å². The van der Waals surface area contributed by atoms with Gasteiger partial charge in [0.25, 0.3) is 5.91 Å². The van der Waals surface area contributed by atoms with E-state index in [0.29, 0.717) is 35.6 Å². The second kappa shape index (κ2) is 14.0. The predicted octanol–water partition coefficient (Wildman–Crippen LogP) is 8.35. The summed E-state index contributed by atoms with van der Waals surface area (Å²) in [4.78, 5) is 55.1. The summed E-state index contributed by atoms with van der Waals surface area (Å²) in [6.45, 7) is 1.91. The summed E-state index contributed by atoms with van der Waals surface area (Å²) < 4.78 is 2.92. The second-order valence-electron chi connectivity index (χ2n) is 14.3. The first-order valence-electron chi connectivity index (χ1n) is 17.9. The minimum Gasteiger partial charge on any atom is -0.477 e. The van der Waals surface area contributed by atoms with Crippen molar-refractivity contribution in [3.63, 3.8) is 0 Å². The zero-order valence-electron chi connectivity index (χ0n) is 29.4. The Morgan fingerprint density at radius 2 is 1.63 bits per heavy atom. The fourth-order valence-electron chi connectivity index (χ4n) is 8.10. The van der Waals surface area contributed by atoms with Crippen LogP contribution in [0, 0.1) is 6.92 Å². The molecule has 2 aliphatic carbocycles. The van der Waals surface area contributed by atoms with Crippen molar-refractivity contribution in [3.05, 3.63) is 88.3 Å². The summed E-state index contributed by atoms with van der Waals surface area (Å²) in [6.07, 6.45) is 8.34. The first-order chi connectivity index (χ1) is 24.6. The lowest BCUT2D eigenvalue weighted by atomic mass is 9.81. The number of benzene rings is 3. The number of aryl methyl sites for hydroxylation is 1. The molecule has 0 atom stereocenters. The van der Waals surface area contributed by atoms with Gasteiger partial charge in [-0.25, -0.2) is 4.79 Å². The van der Waals surface area contributed by atoms with Gasteiger partial charge in [0, 0.05) is 35.4 Å². The third-order valence-electron chi connectivity index (χ3n) is 10.9. The maximum absolute atomic E-state index is 14.2. The smallest absolute Gasteiger partial charge is 0.346 e. The van der Waals surface area contributed by atoms with E-state index in [1.54, 1.807) is 38.1 Å². The second-order valence-corrected chi connectivity index (χ2v) is 15.4. The molecule has 0 bridgehead atoms. The molecule has 3 amide bonds. The Morgan fingerprint density at radius 3 is 2.31 bits per heavy atom. The van der Waals surface area contributed by atoms with Crippen LogP contribution in [0.2, 0.25) is 0 Å². The average Bonchev–Trinajstić information content (AvgIpc) is 3.83.